The van der Waals surface area contributed by atoms with E-state index in [4.69, 9.17) is 4.74 Å². The predicted octanol–water partition coefficient (Wildman–Crippen LogP) is 2.71. The van der Waals surface area contributed by atoms with Crippen LogP contribution in [0, 0.1) is 0 Å². The van der Waals surface area contributed by atoms with Crippen molar-refractivity contribution >= 4 is 0 Å². The molecule has 2 aromatic heterocycles. The van der Waals surface area contributed by atoms with E-state index in [-0.39, 0.29) is 5.88 Å². The van der Waals surface area contributed by atoms with Gasteiger partial charge in [-0.1, -0.05) is 12.1 Å². The molecule has 1 aromatic carbocycles. The second-order valence-corrected chi connectivity index (χ2v) is 4.68. The summed E-state index contributed by atoms with van der Waals surface area (Å²) in [5, 5.41) is 13.6. The Kier molecular flexibility index (Phi) is 3.55. The Morgan fingerprint density at radius 3 is 2.52 bits per heavy atom. The van der Waals surface area contributed by atoms with Gasteiger partial charge in [0.1, 0.15) is 5.75 Å². The molecule has 0 atom stereocenters. The maximum Gasteiger partial charge on any atom is 0.210 e. The summed E-state index contributed by atoms with van der Waals surface area (Å²) in [6.07, 6.45) is 5.37. The normalized spacial score (nSPS) is 10.5. The molecule has 5 heteroatoms. The number of nitrogens with zero attached hydrogens (tertiary/aromatic N) is 3. The van der Waals surface area contributed by atoms with Gasteiger partial charge < -0.3 is 9.84 Å². The molecule has 0 amide bonds. The lowest BCUT2D eigenvalue weighted by molar-refractivity contribution is 0.414. The molecular formula is C16H15N3O2. The summed E-state index contributed by atoms with van der Waals surface area (Å²) in [6, 6.07) is 11.3. The summed E-state index contributed by atoms with van der Waals surface area (Å²) in [5.41, 5.74) is 3.04. The number of hydrogen-bond donors (Lipinski definition) is 1. The van der Waals surface area contributed by atoms with Gasteiger partial charge >= 0.3 is 0 Å². The first-order chi connectivity index (χ1) is 10.2. The highest BCUT2D eigenvalue weighted by Gasteiger charge is 2.03. The molecule has 0 saturated heterocycles. The Morgan fingerprint density at radius 2 is 1.86 bits per heavy atom. The first kappa shape index (κ1) is 13.2. The van der Waals surface area contributed by atoms with E-state index in [1.807, 2.05) is 41.2 Å². The van der Waals surface area contributed by atoms with E-state index in [1.54, 1.807) is 25.6 Å². The van der Waals surface area contributed by atoms with Crippen molar-refractivity contribution in [2.45, 2.75) is 6.54 Å². The van der Waals surface area contributed by atoms with E-state index in [0.29, 0.717) is 6.54 Å². The largest absolute Gasteiger partial charge is 0.497 e. The van der Waals surface area contributed by atoms with Crippen molar-refractivity contribution in [3.63, 3.8) is 0 Å². The van der Waals surface area contributed by atoms with Gasteiger partial charge in [-0.3, -0.25) is 4.68 Å². The van der Waals surface area contributed by atoms with E-state index in [2.05, 4.69) is 10.1 Å². The highest BCUT2D eigenvalue weighted by atomic mass is 16.5. The SMILES string of the molecule is COc1ccc(Cn2cc(-c3ccc(O)nc3)cn2)cc1. The average Bonchev–Trinajstić information content (AvgIpc) is 2.97. The monoisotopic (exact) mass is 281 g/mol. The van der Waals surface area contributed by atoms with E-state index < -0.39 is 0 Å². The van der Waals surface area contributed by atoms with Gasteiger partial charge in [0.2, 0.25) is 5.88 Å². The molecule has 0 saturated carbocycles. The van der Waals surface area contributed by atoms with Gasteiger partial charge in [0, 0.05) is 29.6 Å². The van der Waals surface area contributed by atoms with Crippen LogP contribution >= 0.6 is 0 Å². The lowest BCUT2D eigenvalue weighted by Gasteiger charge is -2.03. The molecule has 0 spiro atoms. The Labute approximate surface area is 122 Å². The van der Waals surface area contributed by atoms with Crippen molar-refractivity contribution in [3.05, 3.63) is 60.6 Å². The predicted molar refractivity (Wildman–Crippen MR) is 79.2 cm³/mol. The summed E-state index contributed by atoms with van der Waals surface area (Å²) >= 11 is 0. The van der Waals surface area contributed by atoms with E-state index >= 15 is 0 Å². The fraction of sp³-hybridized carbons (Fsp3) is 0.125. The van der Waals surface area contributed by atoms with Crippen molar-refractivity contribution in [1.29, 1.82) is 0 Å². The van der Waals surface area contributed by atoms with Crippen LogP contribution < -0.4 is 4.74 Å². The lowest BCUT2D eigenvalue weighted by Crippen LogP contribution is -1.99. The second kappa shape index (κ2) is 5.66. The minimum absolute atomic E-state index is 0.0179. The number of aromatic nitrogens is 3. The zero-order valence-electron chi connectivity index (χ0n) is 11.6. The molecule has 106 valence electrons. The number of pyridine rings is 1. The van der Waals surface area contributed by atoms with Crippen LogP contribution in [0.1, 0.15) is 5.56 Å². The van der Waals surface area contributed by atoms with Crippen LogP contribution in [0.3, 0.4) is 0 Å². The Morgan fingerprint density at radius 1 is 1.05 bits per heavy atom. The van der Waals surface area contributed by atoms with Gasteiger partial charge in [-0.25, -0.2) is 4.98 Å². The minimum atomic E-state index is 0.0179. The van der Waals surface area contributed by atoms with Gasteiger partial charge in [0.15, 0.2) is 0 Å². The van der Waals surface area contributed by atoms with Crippen molar-refractivity contribution in [1.82, 2.24) is 14.8 Å². The lowest BCUT2D eigenvalue weighted by atomic mass is 10.2. The number of rotatable bonds is 4. The first-order valence-corrected chi connectivity index (χ1v) is 6.55. The summed E-state index contributed by atoms with van der Waals surface area (Å²) in [7, 11) is 1.65. The second-order valence-electron chi connectivity index (χ2n) is 4.68. The number of methoxy groups -OCH3 is 1. The van der Waals surface area contributed by atoms with Gasteiger partial charge in [0.25, 0.3) is 0 Å². The molecule has 5 nitrogen and oxygen atoms in total. The zero-order chi connectivity index (χ0) is 14.7. The molecule has 0 radical (unpaired) electrons. The molecular weight excluding hydrogens is 266 g/mol. The third kappa shape index (κ3) is 3.02. The molecule has 2 heterocycles. The van der Waals surface area contributed by atoms with Crippen molar-refractivity contribution in [3.8, 4) is 22.8 Å². The van der Waals surface area contributed by atoms with Crippen LogP contribution in [0.15, 0.2) is 55.0 Å². The average molecular weight is 281 g/mol. The number of ether oxygens (including phenoxy) is 1. The fourth-order valence-corrected chi connectivity index (χ4v) is 2.07. The van der Waals surface area contributed by atoms with Crippen molar-refractivity contribution in [2.24, 2.45) is 0 Å². The first-order valence-electron chi connectivity index (χ1n) is 6.55. The molecule has 0 aliphatic rings. The smallest absolute Gasteiger partial charge is 0.210 e. The van der Waals surface area contributed by atoms with Crippen LogP contribution in [0.5, 0.6) is 11.6 Å². The fourth-order valence-electron chi connectivity index (χ4n) is 2.07. The van der Waals surface area contributed by atoms with Gasteiger partial charge in [-0.05, 0) is 23.8 Å². The third-order valence-electron chi connectivity index (χ3n) is 3.22. The van der Waals surface area contributed by atoms with Gasteiger partial charge in [-0.2, -0.15) is 5.10 Å². The zero-order valence-corrected chi connectivity index (χ0v) is 11.6. The summed E-state index contributed by atoms with van der Waals surface area (Å²) in [5.74, 6) is 0.861. The van der Waals surface area contributed by atoms with Crippen molar-refractivity contribution in [2.75, 3.05) is 7.11 Å². The number of hydrogen-bond acceptors (Lipinski definition) is 4. The van der Waals surface area contributed by atoms with Gasteiger partial charge in [0.05, 0.1) is 19.9 Å². The number of benzene rings is 1. The molecule has 21 heavy (non-hydrogen) atoms. The van der Waals surface area contributed by atoms with Crippen LogP contribution in [0.4, 0.5) is 0 Å². The molecule has 3 rings (SSSR count). The summed E-state index contributed by atoms with van der Waals surface area (Å²) in [4.78, 5) is 3.87. The molecule has 0 fully saturated rings. The Balaban J connectivity index is 1.76. The molecule has 3 aromatic rings. The molecule has 1 N–H and O–H groups in total. The third-order valence-corrected chi connectivity index (χ3v) is 3.22. The van der Waals surface area contributed by atoms with Crippen molar-refractivity contribution < 1.29 is 9.84 Å². The van der Waals surface area contributed by atoms with Gasteiger partial charge in [-0.15, -0.1) is 0 Å². The molecule has 0 bridgehead atoms. The Hall–Kier alpha value is -2.82. The van der Waals surface area contributed by atoms with Crippen LogP contribution in [-0.4, -0.2) is 27.0 Å². The van der Waals surface area contributed by atoms with Crippen LogP contribution in [0.25, 0.3) is 11.1 Å². The minimum Gasteiger partial charge on any atom is -0.497 e. The van der Waals surface area contributed by atoms with E-state index in [9.17, 15) is 5.11 Å². The standard InChI is InChI=1S/C16H15N3O2/c1-21-15-5-2-12(3-6-15)10-19-11-14(9-18-19)13-4-7-16(20)17-8-13/h2-9,11H,10H2,1H3,(H,17,20). The van der Waals surface area contributed by atoms with Crippen LogP contribution in [-0.2, 0) is 6.54 Å². The quantitative estimate of drug-likeness (QED) is 0.798. The maximum atomic E-state index is 9.20. The Bertz CT molecular complexity index is 718. The highest BCUT2D eigenvalue weighted by Crippen LogP contribution is 2.20. The number of aromatic hydroxyl groups is 1. The topological polar surface area (TPSA) is 60.2 Å². The van der Waals surface area contributed by atoms with E-state index in [1.165, 1.54) is 0 Å². The highest BCUT2D eigenvalue weighted by molar-refractivity contribution is 5.60. The van der Waals surface area contributed by atoms with E-state index in [0.717, 1.165) is 22.4 Å². The summed E-state index contributed by atoms with van der Waals surface area (Å²) < 4.78 is 7.01. The molecule has 0 aliphatic carbocycles. The van der Waals surface area contributed by atoms with Crippen LogP contribution in [0.2, 0.25) is 0 Å². The summed E-state index contributed by atoms with van der Waals surface area (Å²) in [6.45, 7) is 0.690. The maximum absolute atomic E-state index is 9.20. The molecule has 0 aliphatic heterocycles. The molecule has 0 unspecified atom stereocenters.